The van der Waals surface area contributed by atoms with Crippen LogP contribution in [0.4, 0.5) is 10.1 Å². The van der Waals surface area contributed by atoms with Crippen molar-refractivity contribution in [1.82, 2.24) is 9.80 Å². The van der Waals surface area contributed by atoms with Crippen LogP contribution in [0.2, 0.25) is 0 Å². The first-order valence-electron chi connectivity index (χ1n) is 11.4. The summed E-state index contributed by atoms with van der Waals surface area (Å²) in [5.41, 5.74) is 3.71. The van der Waals surface area contributed by atoms with E-state index in [1.54, 1.807) is 13.2 Å². The van der Waals surface area contributed by atoms with Gasteiger partial charge in [-0.2, -0.15) is 0 Å². The molecule has 0 aromatic heterocycles. The average Bonchev–Trinajstić information content (AvgIpc) is 3.11. The molecule has 2 heterocycles. The summed E-state index contributed by atoms with van der Waals surface area (Å²) in [5, 5.41) is 0. The number of halogens is 1. The standard InChI is InChI=1S/C27H26FN3O3/c1-34-22-11-7-20(8-12-22)18-31-26(32)23-3-2-4-24(25(23)27(31)33)30-15-13-29(14-16-30)17-19-5-9-21(28)10-6-19/h2-12H,13-18H2,1H3. The Balaban J connectivity index is 1.29. The summed E-state index contributed by atoms with van der Waals surface area (Å²) < 4.78 is 18.4. The molecule has 0 saturated carbocycles. The third-order valence-corrected chi connectivity index (χ3v) is 6.51. The molecule has 3 aromatic rings. The van der Waals surface area contributed by atoms with Gasteiger partial charge in [0.15, 0.2) is 0 Å². The minimum absolute atomic E-state index is 0.223. The van der Waals surface area contributed by atoms with Gasteiger partial charge in [0.1, 0.15) is 11.6 Å². The molecule has 6 nitrogen and oxygen atoms in total. The number of hydrogen-bond acceptors (Lipinski definition) is 5. The third kappa shape index (κ3) is 4.26. The summed E-state index contributed by atoms with van der Waals surface area (Å²) in [6, 6.07) is 19.5. The van der Waals surface area contributed by atoms with Crippen molar-refractivity contribution in [2.45, 2.75) is 13.1 Å². The van der Waals surface area contributed by atoms with Gasteiger partial charge >= 0.3 is 0 Å². The number of fused-ring (bicyclic) bond motifs is 1. The van der Waals surface area contributed by atoms with E-state index in [1.807, 2.05) is 48.5 Å². The quantitative estimate of drug-likeness (QED) is 0.523. The highest BCUT2D eigenvalue weighted by molar-refractivity contribution is 6.23. The number of amides is 2. The summed E-state index contributed by atoms with van der Waals surface area (Å²) in [5.74, 6) is -0.00788. The second-order valence-corrected chi connectivity index (χ2v) is 8.63. The number of imide groups is 1. The Morgan fingerprint density at radius 1 is 0.794 bits per heavy atom. The van der Waals surface area contributed by atoms with Gasteiger partial charge in [0, 0.05) is 32.7 Å². The zero-order valence-corrected chi connectivity index (χ0v) is 19.0. The zero-order valence-electron chi connectivity index (χ0n) is 19.0. The lowest BCUT2D eigenvalue weighted by Crippen LogP contribution is -2.46. The molecular formula is C27H26FN3O3. The Morgan fingerprint density at radius 2 is 1.44 bits per heavy atom. The first-order valence-corrected chi connectivity index (χ1v) is 11.4. The van der Waals surface area contributed by atoms with Crippen LogP contribution in [-0.4, -0.2) is 54.9 Å². The number of benzene rings is 3. The van der Waals surface area contributed by atoms with E-state index in [0.717, 1.165) is 55.3 Å². The fourth-order valence-electron chi connectivity index (χ4n) is 4.63. The van der Waals surface area contributed by atoms with Crippen molar-refractivity contribution in [2.75, 3.05) is 38.2 Å². The van der Waals surface area contributed by atoms with Crippen LogP contribution in [0.25, 0.3) is 0 Å². The van der Waals surface area contributed by atoms with Crippen molar-refractivity contribution in [1.29, 1.82) is 0 Å². The van der Waals surface area contributed by atoms with Crippen LogP contribution in [0.15, 0.2) is 66.7 Å². The lowest BCUT2D eigenvalue weighted by molar-refractivity contribution is 0.0642. The molecule has 0 aliphatic carbocycles. The molecule has 34 heavy (non-hydrogen) atoms. The number of carbonyl (C=O) groups excluding carboxylic acids is 2. The molecule has 0 N–H and O–H groups in total. The van der Waals surface area contributed by atoms with E-state index in [9.17, 15) is 14.0 Å². The van der Waals surface area contributed by atoms with Gasteiger partial charge in [-0.1, -0.05) is 30.3 Å². The van der Waals surface area contributed by atoms with Crippen molar-refractivity contribution < 1.29 is 18.7 Å². The minimum Gasteiger partial charge on any atom is -0.497 e. The number of nitrogens with zero attached hydrogens (tertiary/aromatic N) is 3. The van der Waals surface area contributed by atoms with E-state index in [2.05, 4.69) is 9.80 Å². The van der Waals surface area contributed by atoms with E-state index in [4.69, 9.17) is 4.74 Å². The van der Waals surface area contributed by atoms with Crippen molar-refractivity contribution in [3.05, 3.63) is 94.8 Å². The summed E-state index contributed by atoms with van der Waals surface area (Å²) >= 11 is 0. The first kappa shape index (κ1) is 22.1. The SMILES string of the molecule is COc1ccc(CN2C(=O)c3cccc(N4CCN(Cc5ccc(F)cc5)CC4)c3C2=O)cc1. The average molecular weight is 460 g/mol. The highest BCUT2D eigenvalue weighted by Crippen LogP contribution is 2.33. The molecular weight excluding hydrogens is 433 g/mol. The third-order valence-electron chi connectivity index (χ3n) is 6.51. The topological polar surface area (TPSA) is 53.1 Å². The van der Waals surface area contributed by atoms with E-state index in [0.29, 0.717) is 11.1 Å². The van der Waals surface area contributed by atoms with Crippen LogP contribution in [0.3, 0.4) is 0 Å². The van der Waals surface area contributed by atoms with Gasteiger partial charge in [-0.3, -0.25) is 19.4 Å². The molecule has 0 spiro atoms. The van der Waals surface area contributed by atoms with Crippen LogP contribution < -0.4 is 9.64 Å². The Morgan fingerprint density at radius 3 is 2.12 bits per heavy atom. The van der Waals surface area contributed by atoms with Gasteiger partial charge in [-0.05, 0) is 47.5 Å². The van der Waals surface area contributed by atoms with E-state index < -0.39 is 0 Å². The van der Waals surface area contributed by atoms with Crippen molar-refractivity contribution in [3.8, 4) is 5.75 Å². The van der Waals surface area contributed by atoms with E-state index in [-0.39, 0.29) is 24.2 Å². The van der Waals surface area contributed by atoms with Gasteiger partial charge in [0.25, 0.3) is 11.8 Å². The maximum Gasteiger partial charge on any atom is 0.263 e. The highest BCUT2D eigenvalue weighted by atomic mass is 19.1. The number of ether oxygens (including phenoxy) is 1. The predicted octanol–water partition coefficient (Wildman–Crippen LogP) is 3.95. The number of hydrogen-bond donors (Lipinski definition) is 0. The molecule has 0 unspecified atom stereocenters. The summed E-state index contributed by atoms with van der Waals surface area (Å²) in [6.45, 7) is 4.11. The zero-order chi connectivity index (χ0) is 23.7. The summed E-state index contributed by atoms with van der Waals surface area (Å²) in [4.78, 5) is 32.2. The molecule has 2 amide bonds. The lowest BCUT2D eigenvalue weighted by Gasteiger charge is -2.36. The van der Waals surface area contributed by atoms with Gasteiger partial charge in [-0.15, -0.1) is 0 Å². The molecule has 0 radical (unpaired) electrons. The number of rotatable bonds is 6. The predicted molar refractivity (Wildman–Crippen MR) is 128 cm³/mol. The highest BCUT2D eigenvalue weighted by Gasteiger charge is 2.38. The van der Waals surface area contributed by atoms with Crippen LogP contribution >= 0.6 is 0 Å². The van der Waals surface area contributed by atoms with Crippen LogP contribution in [0.5, 0.6) is 5.75 Å². The maximum absolute atomic E-state index is 13.3. The molecule has 0 atom stereocenters. The molecule has 1 fully saturated rings. The maximum atomic E-state index is 13.3. The second-order valence-electron chi connectivity index (χ2n) is 8.63. The van der Waals surface area contributed by atoms with Gasteiger partial charge in [0.05, 0.1) is 30.5 Å². The van der Waals surface area contributed by atoms with E-state index in [1.165, 1.54) is 17.0 Å². The van der Waals surface area contributed by atoms with Crippen molar-refractivity contribution >= 4 is 17.5 Å². The molecule has 1 saturated heterocycles. The Bertz CT molecular complexity index is 1200. The van der Waals surface area contributed by atoms with Crippen molar-refractivity contribution in [3.63, 3.8) is 0 Å². The van der Waals surface area contributed by atoms with E-state index >= 15 is 0 Å². The van der Waals surface area contributed by atoms with Crippen LogP contribution in [-0.2, 0) is 13.1 Å². The first-order chi connectivity index (χ1) is 16.5. The van der Waals surface area contributed by atoms with Gasteiger partial charge in [-0.25, -0.2) is 4.39 Å². The van der Waals surface area contributed by atoms with Gasteiger partial charge in [0.2, 0.25) is 0 Å². The summed E-state index contributed by atoms with van der Waals surface area (Å²) in [7, 11) is 1.60. The van der Waals surface area contributed by atoms with Crippen LogP contribution in [0, 0.1) is 5.82 Å². The molecule has 3 aromatic carbocycles. The smallest absolute Gasteiger partial charge is 0.263 e. The van der Waals surface area contributed by atoms with Crippen molar-refractivity contribution in [2.24, 2.45) is 0 Å². The fraction of sp³-hybridized carbons (Fsp3) is 0.259. The van der Waals surface area contributed by atoms with Gasteiger partial charge < -0.3 is 9.64 Å². The Kier molecular flexibility index (Phi) is 6.02. The number of anilines is 1. The number of carbonyl (C=O) groups is 2. The fourth-order valence-corrected chi connectivity index (χ4v) is 4.63. The Hall–Kier alpha value is -3.71. The number of piperazine rings is 1. The monoisotopic (exact) mass is 459 g/mol. The molecule has 2 aliphatic rings. The molecule has 174 valence electrons. The Labute approximate surface area is 198 Å². The molecule has 2 aliphatic heterocycles. The molecule has 0 bridgehead atoms. The largest absolute Gasteiger partial charge is 0.497 e. The van der Waals surface area contributed by atoms with Crippen LogP contribution in [0.1, 0.15) is 31.8 Å². The lowest BCUT2D eigenvalue weighted by atomic mass is 10.1. The number of methoxy groups -OCH3 is 1. The molecule has 5 rings (SSSR count). The second kappa shape index (κ2) is 9.27. The normalized spacial score (nSPS) is 16.2. The summed E-state index contributed by atoms with van der Waals surface area (Å²) in [6.07, 6.45) is 0. The minimum atomic E-state index is -0.257. The molecule has 7 heteroatoms.